The molecule has 0 saturated heterocycles. The molecule has 0 amide bonds. The third-order valence-corrected chi connectivity index (χ3v) is 6.05. The molecular formula is C30H42O4. The van der Waals surface area contributed by atoms with Crippen LogP contribution in [0.4, 0.5) is 0 Å². The summed E-state index contributed by atoms with van der Waals surface area (Å²) in [7, 11) is 0. The van der Waals surface area contributed by atoms with E-state index < -0.39 is 17.5 Å². The molecule has 1 atom stereocenters. The van der Waals surface area contributed by atoms with Crippen LogP contribution in [-0.4, -0.2) is 22.3 Å². The Balaban J connectivity index is 2.17. The lowest BCUT2D eigenvalue weighted by molar-refractivity contribution is -0.184. The van der Waals surface area contributed by atoms with Gasteiger partial charge in [-0.3, -0.25) is 0 Å². The van der Waals surface area contributed by atoms with Crippen molar-refractivity contribution in [3.8, 4) is 0 Å². The highest BCUT2D eigenvalue weighted by Crippen LogP contribution is 2.35. The van der Waals surface area contributed by atoms with Crippen molar-refractivity contribution in [2.75, 3.05) is 0 Å². The first kappa shape index (κ1) is 27.8. The smallest absolute Gasteiger partial charge is 0.338 e. The van der Waals surface area contributed by atoms with E-state index in [2.05, 4.69) is 40.9 Å². The van der Waals surface area contributed by atoms with Gasteiger partial charge in [-0.15, -0.1) is 13.2 Å². The normalized spacial score (nSPS) is 14.0. The highest BCUT2D eigenvalue weighted by molar-refractivity contribution is 5.95. The highest BCUT2D eigenvalue weighted by atomic mass is 16.6. The second kappa shape index (κ2) is 10.1. The Bertz CT molecular complexity index is 1040. The van der Waals surface area contributed by atoms with Crippen LogP contribution in [0.1, 0.15) is 90.4 Å². The van der Waals surface area contributed by atoms with Crippen molar-refractivity contribution in [3.63, 3.8) is 0 Å². The maximum absolute atomic E-state index is 12.8. The van der Waals surface area contributed by atoms with Gasteiger partial charge in [-0.05, 0) is 80.3 Å². The van der Waals surface area contributed by atoms with Crippen LogP contribution in [0, 0.1) is 10.8 Å². The van der Waals surface area contributed by atoms with Crippen molar-refractivity contribution in [3.05, 3.63) is 72.8 Å². The lowest BCUT2D eigenvalue weighted by Gasteiger charge is -2.34. The van der Waals surface area contributed by atoms with Gasteiger partial charge in [0.05, 0.1) is 11.2 Å². The quantitative estimate of drug-likeness (QED) is 0.209. The first-order chi connectivity index (χ1) is 15.5. The summed E-state index contributed by atoms with van der Waals surface area (Å²) >= 11 is 0. The van der Waals surface area contributed by atoms with Gasteiger partial charge in [-0.1, -0.05) is 58.0 Å². The molecule has 4 nitrogen and oxygen atoms in total. The number of ether oxygens (including phenoxy) is 2. The second-order valence-corrected chi connectivity index (χ2v) is 11.9. The SMILES string of the molecule is C=CC(C)(C)CC(C)(C)OC(=O)c1ccc2cc(C(O)OC(C)(C)CC(C)(C)C=C)ccc2c1. The molecule has 0 aliphatic rings. The number of carbonyl (C=O) groups is 1. The van der Waals surface area contributed by atoms with Gasteiger partial charge in [0.25, 0.3) is 0 Å². The summed E-state index contributed by atoms with van der Waals surface area (Å²) in [5.41, 5.74) is -0.237. The summed E-state index contributed by atoms with van der Waals surface area (Å²) in [6.07, 6.45) is 4.13. The van der Waals surface area contributed by atoms with Crippen molar-refractivity contribution >= 4 is 16.7 Å². The van der Waals surface area contributed by atoms with Crippen LogP contribution in [0.3, 0.4) is 0 Å². The standard InChI is InChI=1S/C30H42O4/c1-11-27(3,4)19-29(7,8)33-25(31)23-15-13-22-18-24(16-14-21(22)17-23)26(32)34-30(9,10)20-28(5,6)12-2/h11-18,25,31H,1-2,19-20H2,3-10H3. The van der Waals surface area contributed by atoms with Crippen molar-refractivity contribution < 1.29 is 19.4 Å². The van der Waals surface area contributed by atoms with E-state index in [1.165, 1.54) is 0 Å². The van der Waals surface area contributed by atoms with E-state index in [1.807, 2.05) is 70.2 Å². The number of allylic oxidation sites excluding steroid dienone is 2. The molecule has 0 aliphatic heterocycles. The van der Waals surface area contributed by atoms with E-state index in [9.17, 15) is 9.90 Å². The van der Waals surface area contributed by atoms with Gasteiger partial charge in [-0.2, -0.15) is 0 Å². The molecule has 0 radical (unpaired) electrons. The van der Waals surface area contributed by atoms with Crippen molar-refractivity contribution in [1.29, 1.82) is 0 Å². The Labute approximate surface area is 205 Å². The zero-order valence-electron chi connectivity index (χ0n) is 22.2. The lowest BCUT2D eigenvalue weighted by atomic mass is 9.82. The predicted molar refractivity (Wildman–Crippen MR) is 141 cm³/mol. The van der Waals surface area contributed by atoms with E-state index >= 15 is 0 Å². The van der Waals surface area contributed by atoms with Crippen LogP contribution < -0.4 is 0 Å². The molecule has 1 N–H and O–H groups in total. The minimum absolute atomic E-state index is 0.104. The molecule has 2 aromatic carbocycles. The van der Waals surface area contributed by atoms with Crippen LogP contribution in [-0.2, 0) is 9.47 Å². The molecule has 1 unspecified atom stereocenters. The largest absolute Gasteiger partial charge is 0.456 e. The number of rotatable bonds is 11. The number of aliphatic hydroxyl groups excluding tert-OH is 1. The van der Waals surface area contributed by atoms with Crippen LogP contribution in [0.2, 0.25) is 0 Å². The third kappa shape index (κ3) is 7.82. The van der Waals surface area contributed by atoms with E-state index in [-0.39, 0.29) is 16.8 Å². The molecule has 0 aromatic heterocycles. The molecular weight excluding hydrogens is 424 g/mol. The third-order valence-electron chi connectivity index (χ3n) is 6.05. The zero-order chi connectivity index (χ0) is 25.9. The molecule has 0 fully saturated rings. The van der Waals surface area contributed by atoms with Gasteiger partial charge >= 0.3 is 5.97 Å². The maximum Gasteiger partial charge on any atom is 0.338 e. The van der Waals surface area contributed by atoms with Crippen molar-refractivity contribution in [1.82, 2.24) is 0 Å². The van der Waals surface area contributed by atoms with E-state index in [4.69, 9.17) is 9.47 Å². The molecule has 0 heterocycles. The highest BCUT2D eigenvalue weighted by Gasteiger charge is 2.31. The minimum Gasteiger partial charge on any atom is -0.456 e. The van der Waals surface area contributed by atoms with Gasteiger partial charge in [0, 0.05) is 5.56 Å². The van der Waals surface area contributed by atoms with Crippen LogP contribution >= 0.6 is 0 Å². The fraction of sp³-hybridized carbons (Fsp3) is 0.500. The molecule has 4 heteroatoms. The van der Waals surface area contributed by atoms with Gasteiger partial charge in [0.1, 0.15) is 5.60 Å². The Morgan fingerprint density at radius 3 is 1.91 bits per heavy atom. The fourth-order valence-corrected chi connectivity index (χ4v) is 4.64. The number of benzene rings is 2. The van der Waals surface area contributed by atoms with E-state index in [0.29, 0.717) is 17.5 Å². The number of carbonyl (C=O) groups excluding carboxylic acids is 1. The molecule has 2 aromatic rings. The Hall–Kier alpha value is -2.43. The summed E-state index contributed by atoms with van der Waals surface area (Å²) in [6.45, 7) is 23.9. The number of hydrogen-bond acceptors (Lipinski definition) is 4. The maximum atomic E-state index is 12.8. The molecule has 0 spiro atoms. The molecule has 34 heavy (non-hydrogen) atoms. The summed E-state index contributed by atoms with van der Waals surface area (Å²) in [5.74, 6) is -0.356. The van der Waals surface area contributed by atoms with Crippen LogP contribution in [0.25, 0.3) is 10.8 Å². The van der Waals surface area contributed by atoms with Gasteiger partial charge < -0.3 is 14.6 Å². The Morgan fingerprint density at radius 2 is 1.35 bits per heavy atom. The van der Waals surface area contributed by atoms with E-state index in [0.717, 1.165) is 17.2 Å². The lowest BCUT2D eigenvalue weighted by Crippen LogP contribution is -2.33. The number of aliphatic hydroxyl groups is 1. The van der Waals surface area contributed by atoms with E-state index in [1.54, 1.807) is 6.07 Å². The predicted octanol–water partition coefficient (Wildman–Crippen LogP) is 7.77. The van der Waals surface area contributed by atoms with Gasteiger partial charge in [-0.25, -0.2) is 4.79 Å². The van der Waals surface area contributed by atoms with Crippen LogP contribution in [0.15, 0.2) is 61.7 Å². The Morgan fingerprint density at radius 1 is 0.853 bits per heavy atom. The topological polar surface area (TPSA) is 55.8 Å². The zero-order valence-corrected chi connectivity index (χ0v) is 22.2. The Kier molecular flexibility index (Phi) is 8.22. The summed E-state index contributed by atoms with van der Waals surface area (Å²) < 4.78 is 11.8. The molecule has 0 saturated carbocycles. The first-order valence-electron chi connectivity index (χ1n) is 11.9. The van der Waals surface area contributed by atoms with Crippen LogP contribution in [0.5, 0.6) is 0 Å². The number of fused-ring (bicyclic) bond motifs is 1. The van der Waals surface area contributed by atoms with Gasteiger partial charge in [0.15, 0.2) is 6.29 Å². The average molecular weight is 467 g/mol. The minimum atomic E-state index is -1.06. The molecule has 2 rings (SSSR count). The van der Waals surface area contributed by atoms with Gasteiger partial charge in [0.2, 0.25) is 0 Å². The molecule has 0 bridgehead atoms. The molecule has 0 aliphatic carbocycles. The summed E-state index contributed by atoms with van der Waals surface area (Å²) in [6, 6.07) is 11.1. The second-order valence-electron chi connectivity index (χ2n) is 11.9. The first-order valence-corrected chi connectivity index (χ1v) is 11.9. The monoisotopic (exact) mass is 466 g/mol. The molecule has 186 valence electrons. The van der Waals surface area contributed by atoms with Crippen molar-refractivity contribution in [2.24, 2.45) is 10.8 Å². The summed E-state index contributed by atoms with van der Waals surface area (Å²) in [5, 5.41) is 12.5. The fourth-order valence-electron chi connectivity index (χ4n) is 4.64. The average Bonchev–Trinajstić information content (AvgIpc) is 2.70. The number of esters is 1. The van der Waals surface area contributed by atoms with Crippen molar-refractivity contribution in [2.45, 2.75) is 85.7 Å². The summed E-state index contributed by atoms with van der Waals surface area (Å²) in [4.78, 5) is 12.8. The number of hydrogen-bond donors (Lipinski definition) is 1.